The van der Waals surface area contributed by atoms with Gasteiger partial charge in [-0.1, -0.05) is 78.9 Å². The van der Waals surface area contributed by atoms with Crippen molar-refractivity contribution in [1.29, 1.82) is 0 Å². The number of rotatable bonds is 6. The van der Waals surface area contributed by atoms with Crippen LogP contribution in [0.15, 0.2) is 107 Å². The molecule has 1 amide bonds. The van der Waals surface area contributed by atoms with Crippen molar-refractivity contribution >= 4 is 34.0 Å². The number of furan rings is 1. The predicted octanol–water partition coefficient (Wildman–Crippen LogP) is 6.82. The number of benzene rings is 3. The Bertz CT molecular complexity index is 1580. The molecule has 0 aliphatic heterocycles. The Labute approximate surface area is 211 Å². The highest BCUT2D eigenvalue weighted by Crippen LogP contribution is 2.31. The third-order valence-electron chi connectivity index (χ3n) is 5.96. The summed E-state index contributed by atoms with van der Waals surface area (Å²) in [5.74, 6) is 0.669. The van der Waals surface area contributed by atoms with Crippen molar-refractivity contribution in [2.75, 3.05) is 5.32 Å². The number of nitrogens with zero attached hydrogens (tertiary/aromatic N) is 3. The molecule has 6 nitrogen and oxygen atoms in total. The maximum absolute atomic E-state index is 13.6. The summed E-state index contributed by atoms with van der Waals surface area (Å²) in [5.41, 5.74) is 4.17. The topological polar surface area (TPSA) is 73.0 Å². The van der Waals surface area contributed by atoms with Gasteiger partial charge < -0.3 is 9.73 Å². The van der Waals surface area contributed by atoms with Gasteiger partial charge in [-0.15, -0.1) is 11.3 Å². The number of thiazole rings is 1. The summed E-state index contributed by atoms with van der Waals surface area (Å²) in [4.78, 5) is 18.4. The number of hydrogen-bond donors (Lipinski definition) is 1. The molecule has 0 aliphatic carbocycles. The zero-order valence-corrected chi connectivity index (χ0v) is 20.3. The normalized spacial score (nSPS) is 11.3. The minimum absolute atomic E-state index is 0.136. The quantitative estimate of drug-likeness (QED) is 0.278. The van der Waals surface area contributed by atoms with Crippen LogP contribution < -0.4 is 5.32 Å². The SMILES string of the molecule is Cc1cc(NC(=O)C(c2ccccc2)c2ccccc2)n(-c2nc(-c3cc4ccccc4o3)cs2)n1. The molecular weight excluding hydrogens is 468 g/mol. The first kappa shape index (κ1) is 22.0. The van der Waals surface area contributed by atoms with E-state index < -0.39 is 5.92 Å². The molecule has 0 fully saturated rings. The number of carbonyl (C=O) groups is 1. The van der Waals surface area contributed by atoms with E-state index in [4.69, 9.17) is 9.40 Å². The zero-order chi connectivity index (χ0) is 24.5. The van der Waals surface area contributed by atoms with Crippen LogP contribution in [0.25, 0.3) is 27.6 Å². The van der Waals surface area contributed by atoms with Crippen LogP contribution >= 0.6 is 11.3 Å². The van der Waals surface area contributed by atoms with Crippen LogP contribution in [0, 0.1) is 6.92 Å². The maximum atomic E-state index is 13.6. The first-order valence-corrected chi connectivity index (χ1v) is 12.5. The summed E-state index contributed by atoms with van der Waals surface area (Å²) in [6, 6.07) is 31.3. The number of amides is 1. The van der Waals surface area contributed by atoms with Gasteiger partial charge in [0.05, 0.1) is 11.6 Å². The van der Waals surface area contributed by atoms with Crippen molar-refractivity contribution in [2.24, 2.45) is 0 Å². The number of carbonyl (C=O) groups excluding carboxylic acids is 1. The maximum Gasteiger partial charge on any atom is 0.237 e. The number of anilines is 1. The summed E-state index contributed by atoms with van der Waals surface area (Å²) < 4.78 is 7.66. The van der Waals surface area contributed by atoms with Crippen molar-refractivity contribution in [3.8, 4) is 16.6 Å². The van der Waals surface area contributed by atoms with E-state index in [-0.39, 0.29) is 5.91 Å². The molecular formula is C29H22N4O2S. The lowest BCUT2D eigenvalue weighted by Crippen LogP contribution is -2.23. The van der Waals surface area contributed by atoms with Crippen molar-refractivity contribution < 1.29 is 9.21 Å². The van der Waals surface area contributed by atoms with Crippen LogP contribution in [0.3, 0.4) is 0 Å². The van der Waals surface area contributed by atoms with Crippen LogP contribution in [0.5, 0.6) is 0 Å². The molecule has 6 rings (SSSR count). The molecule has 0 aliphatic rings. The van der Waals surface area contributed by atoms with Gasteiger partial charge in [0, 0.05) is 16.8 Å². The van der Waals surface area contributed by atoms with Gasteiger partial charge in [0.2, 0.25) is 11.0 Å². The Morgan fingerprint density at radius 1 is 0.917 bits per heavy atom. The molecule has 0 unspecified atom stereocenters. The van der Waals surface area contributed by atoms with E-state index in [1.807, 2.05) is 109 Å². The molecule has 0 saturated carbocycles. The molecule has 1 N–H and O–H groups in total. The first-order valence-electron chi connectivity index (χ1n) is 11.6. The summed E-state index contributed by atoms with van der Waals surface area (Å²) in [6.45, 7) is 1.89. The first-order chi connectivity index (χ1) is 17.7. The van der Waals surface area contributed by atoms with Crippen molar-refractivity contribution in [3.63, 3.8) is 0 Å². The van der Waals surface area contributed by atoms with Crippen LogP contribution in [-0.2, 0) is 4.79 Å². The Balaban J connectivity index is 1.32. The lowest BCUT2D eigenvalue weighted by Gasteiger charge is -2.18. The minimum atomic E-state index is -0.460. The van der Waals surface area contributed by atoms with Gasteiger partial charge >= 0.3 is 0 Å². The summed E-state index contributed by atoms with van der Waals surface area (Å²) in [6.07, 6.45) is 0. The van der Waals surface area contributed by atoms with Crippen molar-refractivity contribution in [2.45, 2.75) is 12.8 Å². The number of hydrogen-bond acceptors (Lipinski definition) is 5. The Hall–Kier alpha value is -4.49. The Kier molecular flexibility index (Phi) is 5.67. The van der Waals surface area contributed by atoms with Crippen LogP contribution in [-0.4, -0.2) is 20.7 Å². The van der Waals surface area contributed by atoms with E-state index in [1.165, 1.54) is 11.3 Å². The van der Waals surface area contributed by atoms with Crippen LogP contribution in [0.1, 0.15) is 22.7 Å². The fourth-order valence-corrected chi connectivity index (χ4v) is 5.08. The second-order valence-corrected chi connectivity index (χ2v) is 9.33. The summed E-state index contributed by atoms with van der Waals surface area (Å²) in [7, 11) is 0. The predicted molar refractivity (Wildman–Crippen MR) is 143 cm³/mol. The Morgan fingerprint density at radius 2 is 1.58 bits per heavy atom. The lowest BCUT2D eigenvalue weighted by molar-refractivity contribution is -0.116. The van der Waals surface area contributed by atoms with E-state index in [0.717, 1.165) is 33.5 Å². The number of fused-ring (bicyclic) bond motifs is 1. The third-order valence-corrected chi connectivity index (χ3v) is 6.78. The lowest BCUT2D eigenvalue weighted by atomic mass is 9.90. The molecule has 0 spiro atoms. The van der Waals surface area contributed by atoms with E-state index in [2.05, 4.69) is 10.4 Å². The molecule has 36 heavy (non-hydrogen) atoms. The molecule has 0 saturated heterocycles. The fourth-order valence-electron chi connectivity index (χ4n) is 4.30. The second-order valence-electron chi connectivity index (χ2n) is 8.49. The smallest absolute Gasteiger partial charge is 0.237 e. The second kappa shape index (κ2) is 9.28. The molecule has 7 heteroatoms. The molecule has 176 valence electrons. The van der Waals surface area contributed by atoms with E-state index in [0.29, 0.717) is 16.7 Å². The van der Waals surface area contributed by atoms with E-state index >= 15 is 0 Å². The van der Waals surface area contributed by atoms with Crippen molar-refractivity contribution in [3.05, 3.63) is 119 Å². The summed E-state index contributed by atoms with van der Waals surface area (Å²) in [5, 5.41) is 11.3. The monoisotopic (exact) mass is 490 g/mol. The van der Waals surface area contributed by atoms with E-state index in [9.17, 15) is 4.79 Å². The molecule has 0 atom stereocenters. The highest BCUT2D eigenvalue weighted by molar-refractivity contribution is 7.12. The fraction of sp³-hybridized carbons (Fsp3) is 0.0690. The third kappa shape index (κ3) is 4.21. The average Bonchev–Trinajstić information content (AvgIpc) is 3.63. The summed E-state index contributed by atoms with van der Waals surface area (Å²) >= 11 is 1.44. The minimum Gasteiger partial charge on any atom is -0.454 e. The van der Waals surface area contributed by atoms with Gasteiger partial charge in [-0.05, 0) is 30.2 Å². The standard InChI is InChI=1S/C29H22N4O2S/c1-19-16-26(31-28(34)27(20-10-4-2-5-11-20)21-12-6-3-7-13-21)33(32-19)29-30-23(18-36-29)25-17-22-14-8-9-15-24(22)35-25/h2-18,27H,1H3,(H,31,34). The van der Waals surface area contributed by atoms with Gasteiger partial charge in [0.25, 0.3) is 0 Å². The van der Waals surface area contributed by atoms with Crippen molar-refractivity contribution in [1.82, 2.24) is 14.8 Å². The molecule has 3 heterocycles. The van der Waals surface area contributed by atoms with Gasteiger partial charge in [0.1, 0.15) is 17.1 Å². The number of aryl methyl sites for hydroxylation is 1. The molecule has 3 aromatic carbocycles. The van der Waals surface area contributed by atoms with Gasteiger partial charge in [0.15, 0.2) is 5.76 Å². The van der Waals surface area contributed by atoms with Gasteiger partial charge in [-0.3, -0.25) is 4.79 Å². The molecule has 3 aromatic heterocycles. The number of para-hydroxylation sites is 1. The highest BCUT2D eigenvalue weighted by Gasteiger charge is 2.24. The van der Waals surface area contributed by atoms with Gasteiger partial charge in [-0.2, -0.15) is 9.78 Å². The molecule has 6 aromatic rings. The molecule has 0 radical (unpaired) electrons. The van der Waals surface area contributed by atoms with Crippen LogP contribution in [0.2, 0.25) is 0 Å². The van der Waals surface area contributed by atoms with Gasteiger partial charge in [-0.25, -0.2) is 4.98 Å². The average molecular weight is 491 g/mol. The highest BCUT2D eigenvalue weighted by atomic mass is 32.1. The molecule has 0 bridgehead atoms. The zero-order valence-electron chi connectivity index (χ0n) is 19.5. The Morgan fingerprint density at radius 3 is 2.28 bits per heavy atom. The number of nitrogens with one attached hydrogen (secondary N) is 1. The van der Waals surface area contributed by atoms with Crippen LogP contribution in [0.4, 0.5) is 5.82 Å². The largest absolute Gasteiger partial charge is 0.454 e. The van der Waals surface area contributed by atoms with E-state index in [1.54, 1.807) is 4.68 Å². The number of aromatic nitrogens is 3.